The van der Waals surface area contributed by atoms with Crippen LogP contribution in [0.5, 0.6) is 5.75 Å². The zero-order valence-corrected chi connectivity index (χ0v) is 13.3. The molecule has 0 heterocycles. The Morgan fingerprint density at radius 1 is 1.16 bits per heavy atom. The second-order valence-electron chi connectivity index (χ2n) is 6.12. The Morgan fingerprint density at radius 2 is 1.74 bits per heavy atom. The van der Waals surface area contributed by atoms with Crippen molar-refractivity contribution in [2.45, 2.75) is 65.0 Å². The molecule has 2 heteroatoms. The fourth-order valence-electron chi connectivity index (χ4n) is 2.08. The van der Waals surface area contributed by atoms with Gasteiger partial charge in [-0.15, -0.1) is 0 Å². The van der Waals surface area contributed by atoms with E-state index in [0.29, 0.717) is 6.04 Å². The molecule has 1 aromatic carbocycles. The lowest BCUT2D eigenvalue weighted by Crippen LogP contribution is -2.28. The topological polar surface area (TPSA) is 21.3 Å². The van der Waals surface area contributed by atoms with Crippen molar-refractivity contribution in [2.75, 3.05) is 7.05 Å². The van der Waals surface area contributed by atoms with Crippen LogP contribution in [0.2, 0.25) is 0 Å². The maximum absolute atomic E-state index is 5.95. The third-order valence-corrected chi connectivity index (χ3v) is 4.04. The zero-order valence-electron chi connectivity index (χ0n) is 13.3. The van der Waals surface area contributed by atoms with Crippen molar-refractivity contribution >= 4 is 0 Å². The highest BCUT2D eigenvalue weighted by molar-refractivity contribution is 5.31. The van der Waals surface area contributed by atoms with Crippen molar-refractivity contribution in [1.82, 2.24) is 5.32 Å². The molecule has 0 amide bonds. The molecule has 108 valence electrons. The van der Waals surface area contributed by atoms with E-state index in [1.165, 1.54) is 5.56 Å². The average Bonchev–Trinajstić information content (AvgIpc) is 2.39. The average molecular weight is 263 g/mol. The Hall–Kier alpha value is -1.02. The van der Waals surface area contributed by atoms with Crippen LogP contribution in [0.25, 0.3) is 0 Å². The molecule has 1 aromatic rings. The second-order valence-corrected chi connectivity index (χ2v) is 6.12. The van der Waals surface area contributed by atoms with Gasteiger partial charge in [-0.2, -0.15) is 0 Å². The molecule has 0 aromatic heterocycles. The third-order valence-electron chi connectivity index (χ3n) is 4.04. The van der Waals surface area contributed by atoms with E-state index in [-0.39, 0.29) is 11.5 Å². The molecule has 1 N–H and O–H groups in total. The lowest BCUT2D eigenvalue weighted by atomic mass is 9.82. The van der Waals surface area contributed by atoms with E-state index in [1.54, 1.807) is 0 Å². The molecule has 2 unspecified atom stereocenters. The summed E-state index contributed by atoms with van der Waals surface area (Å²) in [4.78, 5) is 0. The van der Waals surface area contributed by atoms with Gasteiger partial charge < -0.3 is 10.1 Å². The number of rotatable bonds is 7. The molecule has 0 aliphatic carbocycles. The van der Waals surface area contributed by atoms with Crippen molar-refractivity contribution < 1.29 is 4.74 Å². The minimum absolute atomic E-state index is 0.229. The van der Waals surface area contributed by atoms with Crippen molar-refractivity contribution in [3.8, 4) is 5.75 Å². The first-order valence-corrected chi connectivity index (χ1v) is 7.33. The lowest BCUT2D eigenvalue weighted by Gasteiger charge is -2.24. The van der Waals surface area contributed by atoms with Gasteiger partial charge >= 0.3 is 0 Å². The van der Waals surface area contributed by atoms with Gasteiger partial charge in [-0.3, -0.25) is 0 Å². The van der Waals surface area contributed by atoms with E-state index in [4.69, 9.17) is 4.74 Å². The quantitative estimate of drug-likeness (QED) is 0.798. The molecule has 0 saturated heterocycles. The first kappa shape index (κ1) is 16.0. The maximum Gasteiger partial charge on any atom is 0.119 e. The van der Waals surface area contributed by atoms with Crippen LogP contribution in [-0.2, 0) is 5.41 Å². The Bertz CT molecular complexity index is 369. The molecule has 0 spiro atoms. The van der Waals surface area contributed by atoms with E-state index in [1.807, 2.05) is 7.05 Å². The smallest absolute Gasteiger partial charge is 0.119 e. The van der Waals surface area contributed by atoms with Crippen LogP contribution < -0.4 is 10.1 Å². The minimum atomic E-state index is 0.229. The number of nitrogens with one attached hydrogen (secondary N) is 1. The van der Waals surface area contributed by atoms with Gasteiger partial charge in [0.15, 0.2) is 0 Å². The molecule has 0 bridgehead atoms. The summed E-state index contributed by atoms with van der Waals surface area (Å²) < 4.78 is 5.95. The molecule has 2 atom stereocenters. The molecule has 1 rings (SSSR count). The predicted octanol–water partition coefficient (Wildman–Crippen LogP) is 4.14. The Morgan fingerprint density at radius 3 is 2.21 bits per heavy atom. The summed E-state index contributed by atoms with van der Waals surface area (Å²) in [6, 6.07) is 9.04. The van der Waals surface area contributed by atoms with Crippen LogP contribution in [0.15, 0.2) is 24.3 Å². The van der Waals surface area contributed by atoms with Gasteiger partial charge in [-0.05, 0) is 56.8 Å². The normalized spacial score (nSPS) is 15.1. The molecular formula is C17H29NO. The fourth-order valence-corrected chi connectivity index (χ4v) is 2.08. The number of hydrogen-bond donors (Lipinski definition) is 1. The zero-order chi connectivity index (χ0) is 14.5. The van der Waals surface area contributed by atoms with E-state index >= 15 is 0 Å². The summed E-state index contributed by atoms with van der Waals surface area (Å²) in [5.41, 5.74) is 1.61. The molecule has 0 aliphatic rings. The molecule has 0 saturated carbocycles. The highest BCUT2D eigenvalue weighted by Gasteiger charge is 2.17. The van der Waals surface area contributed by atoms with Crippen LogP contribution in [0.1, 0.15) is 53.0 Å². The Kier molecular flexibility index (Phi) is 5.86. The van der Waals surface area contributed by atoms with Crippen LogP contribution in [0, 0.1) is 0 Å². The van der Waals surface area contributed by atoms with E-state index < -0.39 is 0 Å². The highest BCUT2D eigenvalue weighted by atomic mass is 16.5. The van der Waals surface area contributed by atoms with Gasteiger partial charge in [0.25, 0.3) is 0 Å². The summed E-state index contributed by atoms with van der Waals surface area (Å²) in [5, 5.41) is 3.24. The van der Waals surface area contributed by atoms with Crippen LogP contribution in [0.3, 0.4) is 0 Å². The van der Waals surface area contributed by atoms with Gasteiger partial charge in [0.1, 0.15) is 5.75 Å². The summed E-state index contributed by atoms with van der Waals surface area (Å²) in [6.45, 7) is 11.1. The maximum atomic E-state index is 5.95. The van der Waals surface area contributed by atoms with E-state index in [2.05, 4.69) is 64.2 Å². The monoisotopic (exact) mass is 263 g/mol. The Labute approximate surface area is 118 Å². The molecule has 2 nitrogen and oxygen atoms in total. The molecule has 19 heavy (non-hydrogen) atoms. The fraction of sp³-hybridized carbons (Fsp3) is 0.647. The number of ether oxygens (including phenoxy) is 1. The molecule has 0 aliphatic heterocycles. The van der Waals surface area contributed by atoms with Gasteiger partial charge in [0.05, 0.1) is 6.10 Å². The van der Waals surface area contributed by atoms with Crippen molar-refractivity contribution in [1.29, 1.82) is 0 Å². The Balaban J connectivity index is 2.62. The van der Waals surface area contributed by atoms with Crippen LogP contribution in [0.4, 0.5) is 0 Å². The first-order valence-electron chi connectivity index (χ1n) is 7.33. The lowest BCUT2D eigenvalue weighted by molar-refractivity contribution is 0.197. The van der Waals surface area contributed by atoms with Crippen molar-refractivity contribution in [3.05, 3.63) is 29.8 Å². The largest absolute Gasteiger partial charge is 0.491 e. The first-order chi connectivity index (χ1) is 8.89. The van der Waals surface area contributed by atoms with Gasteiger partial charge in [0.2, 0.25) is 0 Å². The molecular weight excluding hydrogens is 234 g/mol. The van der Waals surface area contributed by atoms with Gasteiger partial charge in [0, 0.05) is 6.04 Å². The summed E-state index contributed by atoms with van der Waals surface area (Å²) >= 11 is 0. The molecule has 0 radical (unpaired) electrons. The van der Waals surface area contributed by atoms with Crippen LogP contribution in [-0.4, -0.2) is 19.2 Å². The highest BCUT2D eigenvalue weighted by Crippen LogP contribution is 2.28. The summed E-state index contributed by atoms with van der Waals surface area (Å²) in [7, 11) is 1.99. The summed E-state index contributed by atoms with van der Waals surface area (Å²) in [6.07, 6.45) is 2.38. The third kappa shape index (κ3) is 4.87. The van der Waals surface area contributed by atoms with E-state index in [9.17, 15) is 0 Å². The SMILES string of the molecule is CCC(C)(C)c1ccc(OC(C)CC(C)NC)cc1. The van der Waals surface area contributed by atoms with E-state index in [0.717, 1.165) is 18.6 Å². The second kappa shape index (κ2) is 6.95. The summed E-state index contributed by atoms with van der Waals surface area (Å²) in [5.74, 6) is 0.964. The van der Waals surface area contributed by atoms with Gasteiger partial charge in [-0.25, -0.2) is 0 Å². The minimum Gasteiger partial charge on any atom is -0.491 e. The van der Waals surface area contributed by atoms with Gasteiger partial charge in [-0.1, -0.05) is 32.9 Å². The van der Waals surface area contributed by atoms with Crippen molar-refractivity contribution in [2.24, 2.45) is 0 Å². The van der Waals surface area contributed by atoms with Crippen LogP contribution >= 0.6 is 0 Å². The number of hydrogen-bond acceptors (Lipinski definition) is 2. The molecule has 0 fully saturated rings. The predicted molar refractivity (Wildman–Crippen MR) is 83.0 cm³/mol. The van der Waals surface area contributed by atoms with Crippen molar-refractivity contribution in [3.63, 3.8) is 0 Å². The number of benzene rings is 1. The standard InChI is InChI=1S/C17H29NO/c1-7-17(4,5)15-8-10-16(11-9-15)19-14(3)12-13(2)18-6/h8-11,13-14,18H,7,12H2,1-6H3.